The predicted molar refractivity (Wildman–Crippen MR) is 57.3 cm³/mol. The van der Waals surface area contributed by atoms with Crippen LogP contribution in [0.5, 0.6) is 0 Å². The third-order valence-corrected chi connectivity index (χ3v) is 3.10. The maximum atomic E-state index is 11.6. The largest absolute Gasteiger partial charge is 0.394 e. The molecule has 0 bridgehead atoms. The molecule has 0 spiro atoms. The van der Waals surface area contributed by atoms with Gasteiger partial charge in [-0.15, -0.1) is 11.3 Å². The average molecular weight is 213 g/mol. The van der Waals surface area contributed by atoms with Gasteiger partial charge in [-0.1, -0.05) is 6.07 Å². The Morgan fingerprint density at radius 2 is 2.43 bits per heavy atom. The van der Waals surface area contributed by atoms with Gasteiger partial charge >= 0.3 is 0 Å². The molecule has 0 aromatic carbocycles. The zero-order valence-electron chi connectivity index (χ0n) is 8.43. The van der Waals surface area contributed by atoms with E-state index in [2.05, 4.69) is 0 Å². The fourth-order valence-corrected chi connectivity index (χ4v) is 1.75. The second kappa shape index (κ2) is 5.12. The summed E-state index contributed by atoms with van der Waals surface area (Å²) in [4.78, 5) is 14.3. The third-order valence-electron chi connectivity index (χ3n) is 2.22. The van der Waals surface area contributed by atoms with Crippen LogP contribution in [-0.2, 0) is 11.2 Å². The van der Waals surface area contributed by atoms with Gasteiger partial charge in [-0.3, -0.25) is 4.79 Å². The molecule has 0 radical (unpaired) electrons. The van der Waals surface area contributed by atoms with Crippen LogP contribution in [0, 0.1) is 0 Å². The van der Waals surface area contributed by atoms with E-state index in [-0.39, 0.29) is 18.6 Å². The topological polar surface area (TPSA) is 40.5 Å². The van der Waals surface area contributed by atoms with Gasteiger partial charge in [-0.2, -0.15) is 0 Å². The molecule has 1 aromatic rings. The number of carbonyl (C=O) groups is 1. The van der Waals surface area contributed by atoms with E-state index in [4.69, 9.17) is 5.11 Å². The highest BCUT2D eigenvalue weighted by molar-refractivity contribution is 7.10. The maximum absolute atomic E-state index is 11.6. The van der Waals surface area contributed by atoms with Gasteiger partial charge < -0.3 is 10.0 Å². The predicted octanol–water partition coefficient (Wildman–Crippen LogP) is 1.13. The number of amides is 1. The van der Waals surface area contributed by atoms with Crippen molar-refractivity contribution < 1.29 is 9.90 Å². The summed E-state index contributed by atoms with van der Waals surface area (Å²) in [5.74, 6) is 0.0500. The molecule has 78 valence electrons. The van der Waals surface area contributed by atoms with Crippen LogP contribution in [-0.4, -0.2) is 35.6 Å². The highest BCUT2D eigenvalue weighted by Gasteiger charge is 2.15. The van der Waals surface area contributed by atoms with Crippen LogP contribution >= 0.6 is 11.3 Å². The fourth-order valence-electron chi connectivity index (χ4n) is 1.06. The molecule has 1 unspecified atom stereocenters. The number of aliphatic hydroxyl groups excluding tert-OH is 1. The monoisotopic (exact) mass is 213 g/mol. The molecule has 1 N–H and O–H groups in total. The van der Waals surface area contributed by atoms with Crippen LogP contribution in [0.15, 0.2) is 17.5 Å². The fraction of sp³-hybridized carbons (Fsp3) is 0.500. The Labute approximate surface area is 88.0 Å². The number of hydrogen-bond acceptors (Lipinski definition) is 3. The highest BCUT2D eigenvalue weighted by Crippen LogP contribution is 2.10. The van der Waals surface area contributed by atoms with Gasteiger partial charge in [0.1, 0.15) is 0 Å². The van der Waals surface area contributed by atoms with E-state index in [0.717, 1.165) is 4.88 Å². The normalized spacial score (nSPS) is 12.5. The zero-order chi connectivity index (χ0) is 10.6. The van der Waals surface area contributed by atoms with Crippen molar-refractivity contribution in [3.63, 3.8) is 0 Å². The molecule has 14 heavy (non-hydrogen) atoms. The van der Waals surface area contributed by atoms with Crippen LogP contribution in [0.3, 0.4) is 0 Å². The number of aliphatic hydroxyl groups is 1. The lowest BCUT2D eigenvalue weighted by Gasteiger charge is -2.22. The van der Waals surface area contributed by atoms with Crippen molar-refractivity contribution in [2.45, 2.75) is 19.4 Å². The van der Waals surface area contributed by atoms with Crippen LogP contribution in [0.4, 0.5) is 0 Å². The number of thiophene rings is 1. The van der Waals surface area contributed by atoms with Gasteiger partial charge in [0.05, 0.1) is 19.1 Å². The van der Waals surface area contributed by atoms with Gasteiger partial charge in [-0.25, -0.2) is 0 Å². The lowest BCUT2D eigenvalue weighted by Crippen LogP contribution is -2.38. The van der Waals surface area contributed by atoms with Gasteiger partial charge in [0, 0.05) is 11.9 Å². The Morgan fingerprint density at radius 1 is 1.71 bits per heavy atom. The first-order chi connectivity index (χ1) is 6.65. The Bertz CT molecular complexity index is 284. The molecule has 0 aliphatic carbocycles. The van der Waals surface area contributed by atoms with Crippen molar-refractivity contribution in [1.82, 2.24) is 4.90 Å². The Hall–Kier alpha value is -0.870. The minimum Gasteiger partial charge on any atom is -0.394 e. The summed E-state index contributed by atoms with van der Waals surface area (Å²) >= 11 is 1.58. The zero-order valence-corrected chi connectivity index (χ0v) is 9.25. The van der Waals surface area contributed by atoms with E-state index in [1.54, 1.807) is 23.3 Å². The van der Waals surface area contributed by atoms with Crippen LogP contribution < -0.4 is 0 Å². The van der Waals surface area contributed by atoms with E-state index in [0.29, 0.717) is 6.42 Å². The summed E-state index contributed by atoms with van der Waals surface area (Å²) in [7, 11) is 1.72. The molecule has 0 aliphatic heterocycles. The van der Waals surface area contributed by atoms with Gasteiger partial charge in [-0.05, 0) is 18.4 Å². The molecule has 1 heterocycles. The van der Waals surface area contributed by atoms with Crippen molar-refractivity contribution in [3.05, 3.63) is 22.4 Å². The molecule has 4 heteroatoms. The second-order valence-corrected chi connectivity index (χ2v) is 4.32. The Kier molecular flexibility index (Phi) is 4.10. The molecule has 1 atom stereocenters. The maximum Gasteiger partial charge on any atom is 0.227 e. The summed E-state index contributed by atoms with van der Waals surface area (Å²) in [6.45, 7) is 1.83. The minimum atomic E-state index is -0.109. The van der Waals surface area contributed by atoms with Crippen molar-refractivity contribution in [3.8, 4) is 0 Å². The van der Waals surface area contributed by atoms with Crippen LogP contribution in [0.25, 0.3) is 0 Å². The quantitative estimate of drug-likeness (QED) is 0.814. The summed E-state index contributed by atoms with van der Waals surface area (Å²) in [5.41, 5.74) is 0. The van der Waals surface area contributed by atoms with Gasteiger partial charge in [0.2, 0.25) is 5.91 Å². The average Bonchev–Trinajstić information content (AvgIpc) is 2.68. The molecule has 0 saturated heterocycles. The summed E-state index contributed by atoms with van der Waals surface area (Å²) in [5, 5.41) is 10.8. The van der Waals surface area contributed by atoms with E-state index in [1.807, 2.05) is 24.4 Å². The molecule has 0 saturated carbocycles. The van der Waals surface area contributed by atoms with E-state index in [1.165, 1.54) is 0 Å². The number of carbonyl (C=O) groups excluding carboxylic acids is 1. The molecule has 1 amide bonds. The molecule has 0 aliphatic rings. The number of hydrogen-bond donors (Lipinski definition) is 1. The lowest BCUT2D eigenvalue weighted by atomic mass is 10.2. The van der Waals surface area contributed by atoms with Gasteiger partial charge in [0.15, 0.2) is 0 Å². The molecular weight excluding hydrogens is 198 g/mol. The van der Waals surface area contributed by atoms with E-state index in [9.17, 15) is 4.79 Å². The van der Waals surface area contributed by atoms with E-state index < -0.39 is 0 Å². The molecule has 3 nitrogen and oxygen atoms in total. The summed E-state index contributed by atoms with van der Waals surface area (Å²) < 4.78 is 0. The smallest absolute Gasteiger partial charge is 0.227 e. The summed E-state index contributed by atoms with van der Waals surface area (Å²) in [6.07, 6.45) is 0.429. The highest BCUT2D eigenvalue weighted by atomic mass is 32.1. The second-order valence-electron chi connectivity index (χ2n) is 3.29. The van der Waals surface area contributed by atoms with Crippen molar-refractivity contribution in [2.24, 2.45) is 0 Å². The first kappa shape index (κ1) is 11.2. The first-order valence-corrected chi connectivity index (χ1v) is 5.42. The third kappa shape index (κ3) is 2.82. The van der Waals surface area contributed by atoms with Crippen molar-refractivity contribution >= 4 is 17.2 Å². The van der Waals surface area contributed by atoms with Crippen molar-refractivity contribution in [2.75, 3.05) is 13.7 Å². The Balaban J connectivity index is 2.50. The lowest BCUT2D eigenvalue weighted by molar-refractivity contribution is -0.131. The SMILES string of the molecule is CC(CO)N(C)C(=O)Cc1cccs1. The van der Waals surface area contributed by atoms with Gasteiger partial charge in [0.25, 0.3) is 0 Å². The molecule has 0 fully saturated rings. The standard InChI is InChI=1S/C10H15NO2S/c1-8(7-12)11(2)10(13)6-9-4-3-5-14-9/h3-5,8,12H,6-7H2,1-2H3. The molecule has 1 rings (SSSR count). The van der Waals surface area contributed by atoms with Crippen LogP contribution in [0.1, 0.15) is 11.8 Å². The summed E-state index contributed by atoms with van der Waals surface area (Å²) in [6, 6.07) is 3.77. The van der Waals surface area contributed by atoms with Crippen LogP contribution in [0.2, 0.25) is 0 Å². The number of nitrogens with zero attached hydrogens (tertiary/aromatic N) is 1. The molecule has 1 aromatic heterocycles. The molecular formula is C10H15NO2S. The Morgan fingerprint density at radius 3 is 2.93 bits per heavy atom. The van der Waals surface area contributed by atoms with E-state index >= 15 is 0 Å². The van der Waals surface area contributed by atoms with Crippen molar-refractivity contribution in [1.29, 1.82) is 0 Å². The number of likely N-dealkylation sites (N-methyl/N-ethyl adjacent to an activating group) is 1. The first-order valence-electron chi connectivity index (χ1n) is 4.54. The number of rotatable bonds is 4. The minimum absolute atomic E-state index is 0.00663.